The maximum absolute atomic E-state index is 12.2. The molecule has 0 saturated carbocycles. The summed E-state index contributed by atoms with van der Waals surface area (Å²) in [6.45, 7) is 3.70. The molecule has 1 heterocycles. The summed E-state index contributed by atoms with van der Waals surface area (Å²) in [6.07, 6.45) is 0. The average molecular weight is 290 g/mol. The summed E-state index contributed by atoms with van der Waals surface area (Å²) < 4.78 is 9.99. The van der Waals surface area contributed by atoms with Crippen LogP contribution in [0.2, 0.25) is 0 Å². The van der Waals surface area contributed by atoms with E-state index in [1.807, 2.05) is 0 Å². The van der Waals surface area contributed by atoms with Gasteiger partial charge in [0.25, 0.3) is 5.91 Å². The maximum Gasteiger partial charge on any atom is 0.356 e. The van der Waals surface area contributed by atoms with Crippen LogP contribution in [0.3, 0.4) is 0 Å². The number of carbonyl (C=O) groups is 2. The van der Waals surface area contributed by atoms with Crippen molar-refractivity contribution in [2.24, 2.45) is 0 Å². The van der Waals surface area contributed by atoms with Crippen molar-refractivity contribution in [3.8, 4) is 5.75 Å². The molecule has 0 fully saturated rings. The van der Waals surface area contributed by atoms with Crippen LogP contribution in [-0.2, 0) is 14.3 Å². The highest BCUT2D eigenvalue weighted by molar-refractivity contribution is 5.97. The lowest BCUT2D eigenvalue weighted by atomic mass is 10.0. The highest BCUT2D eigenvalue weighted by atomic mass is 16.5. The third-order valence-corrected chi connectivity index (χ3v) is 3.17. The van der Waals surface area contributed by atoms with E-state index >= 15 is 0 Å². The van der Waals surface area contributed by atoms with E-state index < -0.39 is 12.0 Å². The third kappa shape index (κ3) is 3.16. The van der Waals surface area contributed by atoms with Gasteiger partial charge in [-0.15, -0.1) is 0 Å². The Kier molecular flexibility index (Phi) is 4.47. The smallest absolute Gasteiger partial charge is 0.356 e. The van der Waals surface area contributed by atoms with Gasteiger partial charge in [0.2, 0.25) is 0 Å². The Hall–Kier alpha value is -2.50. The number of carbonyl (C=O) groups excluding carboxylic acids is 2. The highest BCUT2D eigenvalue weighted by Gasteiger charge is 2.30. The van der Waals surface area contributed by atoms with Crippen molar-refractivity contribution in [2.45, 2.75) is 19.9 Å². The monoisotopic (exact) mass is 290 g/mol. The molecule has 1 amide bonds. The fourth-order valence-corrected chi connectivity index (χ4v) is 2.08. The van der Waals surface area contributed by atoms with Crippen molar-refractivity contribution in [3.63, 3.8) is 0 Å². The van der Waals surface area contributed by atoms with Crippen LogP contribution in [0.15, 0.2) is 35.7 Å². The summed E-state index contributed by atoms with van der Waals surface area (Å²) >= 11 is 0. The van der Waals surface area contributed by atoms with Crippen LogP contribution in [0.4, 0.5) is 0 Å². The number of benzene rings is 1. The van der Waals surface area contributed by atoms with Crippen LogP contribution < -0.4 is 15.4 Å². The standard InChI is InChI=1S/C15H18N2O4/c1-4-21-15(19)12-9(2)16-13(14(18)17-12)10-5-7-11(20-3)8-6-10/h5-8,13,16H,4H2,1-3H3,(H,17,18). The van der Waals surface area contributed by atoms with Gasteiger partial charge in [-0.1, -0.05) is 12.1 Å². The fourth-order valence-electron chi connectivity index (χ4n) is 2.08. The number of esters is 1. The molecule has 6 heteroatoms. The van der Waals surface area contributed by atoms with E-state index in [2.05, 4.69) is 10.6 Å². The van der Waals surface area contributed by atoms with Crippen LogP contribution in [0, 0.1) is 0 Å². The van der Waals surface area contributed by atoms with Crippen molar-refractivity contribution >= 4 is 11.9 Å². The van der Waals surface area contributed by atoms with Gasteiger partial charge in [-0.25, -0.2) is 4.79 Å². The molecule has 1 aliphatic rings. The molecule has 2 rings (SSSR count). The van der Waals surface area contributed by atoms with Crippen LogP contribution in [0.1, 0.15) is 25.5 Å². The first-order valence-electron chi connectivity index (χ1n) is 6.66. The normalized spacial score (nSPS) is 17.9. The summed E-state index contributed by atoms with van der Waals surface area (Å²) in [5.74, 6) is -0.118. The minimum Gasteiger partial charge on any atom is -0.497 e. The lowest BCUT2D eigenvalue weighted by Gasteiger charge is -2.27. The molecule has 0 bridgehead atoms. The van der Waals surface area contributed by atoms with Gasteiger partial charge in [-0.3, -0.25) is 4.79 Å². The van der Waals surface area contributed by atoms with E-state index in [9.17, 15) is 9.59 Å². The third-order valence-electron chi connectivity index (χ3n) is 3.17. The summed E-state index contributed by atoms with van der Waals surface area (Å²) in [6, 6.07) is 6.63. The number of ether oxygens (including phenoxy) is 2. The molecule has 1 aliphatic heterocycles. The minimum absolute atomic E-state index is 0.159. The van der Waals surface area contributed by atoms with E-state index in [4.69, 9.17) is 9.47 Å². The summed E-state index contributed by atoms with van der Waals surface area (Å²) in [4.78, 5) is 23.9. The van der Waals surface area contributed by atoms with E-state index in [1.165, 1.54) is 0 Å². The number of hydrogen-bond acceptors (Lipinski definition) is 5. The zero-order valence-corrected chi connectivity index (χ0v) is 12.2. The Morgan fingerprint density at radius 1 is 1.29 bits per heavy atom. The molecule has 0 spiro atoms. The first-order valence-corrected chi connectivity index (χ1v) is 6.66. The largest absolute Gasteiger partial charge is 0.497 e. The Bertz CT molecular complexity index is 578. The van der Waals surface area contributed by atoms with E-state index in [-0.39, 0.29) is 18.2 Å². The quantitative estimate of drug-likeness (QED) is 0.816. The van der Waals surface area contributed by atoms with Gasteiger partial charge in [0.05, 0.1) is 13.7 Å². The zero-order valence-electron chi connectivity index (χ0n) is 12.2. The van der Waals surface area contributed by atoms with Gasteiger partial charge in [-0.2, -0.15) is 0 Å². The molecule has 1 aromatic carbocycles. The molecule has 1 unspecified atom stereocenters. The van der Waals surface area contributed by atoms with Crippen LogP contribution >= 0.6 is 0 Å². The van der Waals surface area contributed by atoms with Gasteiger partial charge in [0.1, 0.15) is 17.5 Å². The molecule has 112 valence electrons. The number of allylic oxidation sites excluding steroid dienone is 1. The van der Waals surface area contributed by atoms with E-state index in [0.717, 1.165) is 11.3 Å². The van der Waals surface area contributed by atoms with Crippen LogP contribution in [0.5, 0.6) is 5.75 Å². The molecule has 0 saturated heterocycles. The van der Waals surface area contributed by atoms with Gasteiger partial charge < -0.3 is 20.1 Å². The van der Waals surface area contributed by atoms with Gasteiger partial charge in [0.15, 0.2) is 0 Å². The molecule has 0 aromatic heterocycles. The second-order valence-corrected chi connectivity index (χ2v) is 4.56. The van der Waals surface area contributed by atoms with Crippen molar-refractivity contribution < 1.29 is 19.1 Å². The molecule has 0 aliphatic carbocycles. The molecule has 21 heavy (non-hydrogen) atoms. The molecule has 1 atom stereocenters. The van der Waals surface area contributed by atoms with Crippen molar-refractivity contribution in [1.29, 1.82) is 0 Å². The average Bonchev–Trinajstić information content (AvgIpc) is 2.49. The maximum atomic E-state index is 12.2. The van der Waals surface area contributed by atoms with E-state index in [0.29, 0.717) is 5.70 Å². The fraction of sp³-hybridized carbons (Fsp3) is 0.333. The number of nitrogens with one attached hydrogen (secondary N) is 2. The molecular formula is C15H18N2O4. The van der Waals surface area contributed by atoms with Crippen LogP contribution in [-0.4, -0.2) is 25.6 Å². The van der Waals surface area contributed by atoms with E-state index in [1.54, 1.807) is 45.2 Å². The van der Waals surface area contributed by atoms with Gasteiger partial charge in [-0.05, 0) is 31.5 Å². The lowest BCUT2D eigenvalue weighted by molar-refractivity contribution is -0.140. The Morgan fingerprint density at radius 2 is 1.95 bits per heavy atom. The number of amides is 1. The summed E-state index contributed by atoms with van der Waals surface area (Å²) in [5.41, 5.74) is 1.52. The SMILES string of the molecule is CCOC(=O)C1=C(C)NC(c2ccc(OC)cc2)C(=O)N1. The Balaban J connectivity index is 2.21. The first kappa shape index (κ1) is 14.9. The van der Waals surface area contributed by atoms with Crippen molar-refractivity contribution in [3.05, 3.63) is 41.2 Å². The molecule has 0 radical (unpaired) electrons. The lowest BCUT2D eigenvalue weighted by Crippen LogP contribution is -2.45. The minimum atomic E-state index is -0.547. The summed E-state index contributed by atoms with van der Waals surface area (Å²) in [7, 11) is 1.58. The predicted octanol–water partition coefficient (Wildman–Crippen LogP) is 1.25. The Morgan fingerprint density at radius 3 is 2.52 bits per heavy atom. The first-order chi connectivity index (χ1) is 10.1. The molecule has 6 nitrogen and oxygen atoms in total. The van der Waals surface area contributed by atoms with Crippen LogP contribution in [0.25, 0.3) is 0 Å². The molecular weight excluding hydrogens is 272 g/mol. The summed E-state index contributed by atoms with van der Waals surface area (Å²) in [5, 5.41) is 5.64. The highest BCUT2D eigenvalue weighted by Crippen LogP contribution is 2.22. The predicted molar refractivity (Wildman–Crippen MR) is 76.3 cm³/mol. The Labute approximate surface area is 123 Å². The topological polar surface area (TPSA) is 76.7 Å². The second-order valence-electron chi connectivity index (χ2n) is 4.56. The second kappa shape index (κ2) is 6.30. The molecule has 1 aromatic rings. The number of hydrogen-bond donors (Lipinski definition) is 2. The van der Waals surface area contributed by atoms with Crippen molar-refractivity contribution in [1.82, 2.24) is 10.6 Å². The zero-order chi connectivity index (χ0) is 15.4. The number of methoxy groups -OCH3 is 1. The van der Waals surface area contributed by atoms with Crippen molar-refractivity contribution in [2.75, 3.05) is 13.7 Å². The van der Waals surface area contributed by atoms with Gasteiger partial charge in [0, 0.05) is 5.70 Å². The molecule has 2 N–H and O–H groups in total. The van der Waals surface area contributed by atoms with Gasteiger partial charge >= 0.3 is 5.97 Å². The number of rotatable bonds is 4.